The molecule has 1 heterocycles. The van der Waals surface area contributed by atoms with E-state index in [1.165, 1.54) is 5.56 Å². The average molecular weight is 285 g/mol. The molecule has 1 atom stereocenters. The Bertz CT molecular complexity index is 610. The number of nitrogens with one attached hydrogen (secondary N) is 1. The fourth-order valence-electron chi connectivity index (χ4n) is 2.44. The second kappa shape index (κ2) is 5.95. The van der Waals surface area contributed by atoms with Gasteiger partial charge in [-0.2, -0.15) is 0 Å². The van der Waals surface area contributed by atoms with E-state index in [4.69, 9.17) is 14.2 Å². The zero-order valence-corrected chi connectivity index (χ0v) is 12.3. The molecule has 0 saturated carbocycles. The number of ether oxygens (including phenoxy) is 3. The zero-order chi connectivity index (χ0) is 14.7. The van der Waals surface area contributed by atoms with Gasteiger partial charge in [0.1, 0.15) is 5.75 Å². The molecule has 0 spiro atoms. The van der Waals surface area contributed by atoms with Crippen molar-refractivity contribution in [1.82, 2.24) is 0 Å². The first-order valence-electron chi connectivity index (χ1n) is 7.04. The third-order valence-electron chi connectivity index (χ3n) is 3.49. The van der Waals surface area contributed by atoms with Gasteiger partial charge in [-0.25, -0.2) is 0 Å². The van der Waals surface area contributed by atoms with Crippen molar-refractivity contribution in [3.05, 3.63) is 48.0 Å². The van der Waals surface area contributed by atoms with E-state index in [0.717, 1.165) is 29.4 Å². The molecule has 0 aliphatic carbocycles. The molecule has 0 fully saturated rings. The van der Waals surface area contributed by atoms with Gasteiger partial charge in [-0.1, -0.05) is 12.1 Å². The molecule has 2 aromatic rings. The quantitative estimate of drug-likeness (QED) is 0.913. The predicted octanol–water partition coefficient (Wildman–Crippen LogP) is 3.47. The summed E-state index contributed by atoms with van der Waals surface area (Å²) in [6.45, 7) is 2.47. The molecule has 4 heteroatoms. The number of rotatable bonds is 5. The smallest absolute Gasteiger partial charge is 0.231 e. The Morgan fingerprint density at radius 1 is 1.10 bits per heavy atom. The lowest BCUT2D eigenvalue weighted by molar-refractivity contribution is 0.174. The molecule has 1 aliphatic heterocycles. The third kappa shape index (κ3) is 3.21. The molecule has 110 valence electrons. The first kappa shape index (κ1) is 13.6. The van der Waals surface area contributed by atoms with Crippen LogP contribution in [0.5, 0.6) is 17.2 Å². The van der Waals surface area contributed by atoms with E-state index >= 15 is 0 Å². The Morgan fingerprint density at radius 2 is 1.86 bits per heavy atom. The van der Waals surface area contributed by atoms with Crippen molar-refractivity contribution in [1.29, 1.82) is 0 Å². The highest BCUT2D eigenvalue weighted by Crippen LogP contribution is 2.34. The van der Waals surface area contributed by atoms with Crippen LogP contribution in [-0.4, -0.2) is 19.9 Å². The normalized spacial score (nSPS) is 13.8. The predicted molar refractivity (Wildman–Crippen MR) is 82.3 cm³/mol. The number of hydrogen-bond donors (Lipinski definition) is 1. The maximum absolute atomic E-state index is 5.39. The van der Waals surface area contributed by atoms with Crippen molar-refractivity contribution in [2.45, 2.75) is 19.4 Å². The molecule has 2 aromatic carbocycles. The SMILES string of the molecule is COc1ccc(C[C@H](C)Nc2ccc3c(c2)OCO3)cc1. The van der Waals surface area contributed by atoms with Gasteiger partial charge in [-0.3, -0.25) is 0 Å². The fourth-order valence-corrected chi connectivity index (χ4v) is 2.44. The van der Waals surface area contributed by atoms with Crippen molar-refractivity contribution in [3.8, 4) is 17.2 Å². The molecule has 1 aliphatic rings. The summed E-state index contributed by atoms with van der Waals surface area (Å²) < 4.78 is 15.9. The van der Waals surface area contributed by atoms with Gasteiger partial charge in [0.2, 0.25) is 6.79 Å². The van der Waals surface area contributed by atoms with E-state index in [9.17, 15) is 0 Å². The van der Waals surface area contributed by atoms with Crippen LogP contribution < -0.4 is 19.5 Å². The monoisotopic (exact) mass is 285 g/mol. The van der Waals surface area contributed by atoms with Gasteiger partial charge in [0.25, 0.3) is 0 Å². The maximum Gasteiger partial charge on any atom is 0.231 e. The van der Waals surface area contributed by atoms with Gasteiger partial charge < -0.3 is 19.5 Å². The lowest BCUT2D eigenvalue weighted by Crippen LogP contribution is -2.17. The lowest BCUT2D eigenvalue weighted by atomic mass is 10.1. The van der Waals surface area contributed by atoms with E-state index in [0.29, 0.717) is 12.8 Å². The summed E-state index contributed by atoms with van der Waals surface area (Å²) in [5, 5.41) is 3.48. The van der Waals surface area contributed by atoms with Crippen LogP contribution in [0.25, 0.3) is 0 Å². The summed E-state index contributed by atoms with van der Waals surface area (Å²) in [5.41, 5.74) is 2.32. The van der Waals surface area contributed by atoms with E-state index in [1.807, 2.05) is 30.3 Å². The standard InChI is InChI=1S/C17H19NO3/c1-12(9-13-3-6-15(19-2)7-4-13)18-14-5-8-16-17(10-14)21-11-20-16/h3-8,10,12,18H,9,11H2,1-2H3/t12-/m0/s1. The molecule has 0 bridgehead atoms. The lowest BCUT2D eigenvalue weighted by Gasteiger charge is -2.16. The topological polar surface area (TPSA) is 39.7 Å². The second-order valence-electron chi connectivity index (χ2n) is 5.17. The highest BCUT2D eigenvalue weighted by molar-refractivity contribution is 5.56. The highest BCUT2D eigenvalue weighted by atomic mass is 16.7. The average Bonchev–Trinajstić information content (AvgIpc) is 2.95. The zero-order valence-electron chi connectivity index (χ0n) is 12.3. The second-order valence-corrected chi connectivity index (χ2v) is 5.17. The van der Waals surface area contributed by atoms with Gasteiger partial charge in [-0.15, -0.1) is 0 Å². The van der Waals surface area contributed by atoms with Crippen molar-refractivity contribution in [2.24, 2.45) is 0 Å². The van der Waals surface area contributed by atoms with Crippen molar-refractivity contribution < 1.29 is 14.2 Å². The van der Waals surface area contributed by atoms with Crippen molar-refractivity contribution >= 4 is 5.69 Å². The molecule has 0 unspecified atom stereocenters. The van der Waals surface area contributed by atoms with Crippen molar-refractivity contribution in [2.75, 3.05) is 19.2 Å². The minimum atomic E-state index is 0.306. The molecule has 21 heavy (non-hydrogen) atoms. The molecular weight excluding hydrogens is 266 g/mol. The van der Waals surface area contributed by atoms with Crippen LogP contribution in [0.2, 0.25) is 0 Å². The van der Waals surface area contributed by atoms with Gasteiger partial charge in [0, 0.05) is 17.8 Å². The van der Waals surface area contributed by atoms with E-state index in [2.05, 4.69) is 24.4 Å². The van der Waals surface area contributed by atoms with Crippen LogP contribution in [0, 0.1) is 0 Å². The van der Waals surface area contributed by atoms with Crippen LogP contribution in [0.3, 0.4) is 0 Å². The Kier molecular flexibility index (Phi) is 3.86. The number of methoxy groups -OCH3 is 1. The van der Waals surface area contributed by atoms with Gasteiger partial charge in [0.15, 0.2) is 11.5 Å². The van der Waals surface area contributed by atoms with E-state index < -0.39 is 0 Å². The first-order valence-corrected chi connectivity index (χ1v) is 7.04. The maximum atomic E-state index is 5.39. The fraction of sp³-hybridized carbons (Fsp3) is 0.294. The Labute approximate surface area is 124 Å². The van der Waals surface area contributed by atoms with Crippen LogP contribution in [-0.2, 0) is 6.42 Å². The molecule has 0 aromatic heterocycles. The van der Waals surface area contributed by atoms with Gasteiger partial charge in [-0.05, 0) is 43.2 Å². The molecule has 0 amide bonds. The summed E-state index contributed by atoms with van der Waals surface area (Å²) >= 11 is 0. The minimum Gasteiger partial charge on any atom is -0.497 e. The third-order valence-corrected chi connectivity index (χ3v) is 3.49. The molecule has 1 N–H and O–H groups in total. The summed E-state index contributed by atoms with van der Waals surface area (Å²) in [6, 6.07) is 14.4. The van der Waals surface area contributed by atoms with Crippen molar-refractivity contribution in [3.63, 3.8) is 0 Å². The summed E-state index contributed by atoms with van der Waals surface area (Å²) in [4.78, 5) is 0. The number of benzene rings is 2. The molecule has 0 radical (unpaired) electrons. The number of fused-ring (bicyclic) bond motifs is 1. The largest absolute Gasteiger partial charge is 0.497 e. The van der Waals surface area contributed by atoms with E-state index in [-0.39, 0.29) is 0 Å². The van der Waals surface area contributed by atoms with Crippen LogP contribution in [0.4, 0.5) is 5.69 Å². The van der Waals surface area contributed by atoms with Gasteiger partial charge in [0.05, 0.1) is 7.11 Å². The van der Waals surface area contributed by atoms with Gasteiger partial charge >= 0.3 is 0 Å². The summed E-state index contributed by atoms with van der Waals surface area (Å²) in [6.07, 6.45) is 0.943. The molecular formula is C17H19NO3. The van der Waals surface area contributed by atoms with Crippen LogP contribution in [0.1, 0.15) is 12.5 Å². The summed E-state index contributed by atoms with van der Waals surface area (Å²) in [7, 11) is 1.68. The minimum absolute atomic E-state index is 0.306. The highest BCUT2D eigenvalue weighted by Gasteiger charge is 2.14. The Morgan fingerprint density at radius 3 is 2.62 bits per heavy atom. The Hall–Kier alpha value is -2.36. The first-order chi connectivity index (χ1) is 10.2. The number of hydrogen-bond acceptors (Lipinski definition) is 4. The van der Waals surface area contributed by atoms with Crippen LogP contribution >= 0.6 is 0 Å². The summed E-state index contributed by atoms with van der Waals surface area (Å²) in [5.74, 6) is 2.50. The Balaban J connectivity index is 1.61. The molecule has 0 saturated heterocycles. The van der Waals surface area contributed by atoms with E-state index in [1.54, 1.807) is 7.11 Å². The molecule has 4 nitrogen and oxygen atoms in total. The number of anilines is 1. The molecule has 3 rings (SSSR count). The van der Waals surface area contributed by atoms with Crippen LogP contribution in [0.15, 0.2) is 42.5 Å².